The molecule has 2 aliphatic rings. The topological polar surface area (TPSA) is 47.4 Å². The lowest BCUT2D eigenvalue weighted by Gasteiger charge is -2.38. The summed E-state index contributed by atoms with van der Waals surface area (Å²) in [6, 6.07) is 10.3. The minimum Gasteiger partial charge on any atom is -0.366 e. The second-order valence-corrected chi connectivity index (χ2v) is 7.98. The summed E-state index contributed by atoms with van der Waals surface area (Å²) in [4.78, 5) is 15.0. The van der Waals surface area contributed by atoms with Crippen LogP contribution in [0.4, 0.5) is 0 Å². The van der Waals surface area contributed by atoms with Gasteiger partial charge in [0.1, 0.15) is 6.10 Å². The Bertz CT molecular complexity index is 810. The highest BCUT2D eigenvalue weighted by Crippen LogP contribution is 2.39. The molecule has 0 unspecified atom stereocenters. The Labute approximate surface area is 161 Å². The summed E-state index contributed by atoms with van der Waals surface area (Å²) in [5.41, 5.74) is 4.56. The van der Waals surface area contributed by atoms with Gasteiger partial charge in [0.2, 0.25) is 5.91 Å². The number of rotatable bonds is 5. The lowest BCUT2D eigenvalue weighted by Crippen LogP contribution is -2.47. The molecule has 2 atom stereocenters. The molecular formula is C22H29N3O2. The Morgan fingerprint density at radius 2 is 1.93 bits per heavy atom. The van der Waals surface area contributed by atoms with Gasteiger partial charge in [0, 0.05) is 25.7 Å². The number of hydrogen-bond acceptors (Lipinski definition) is 3. The largest absolute Gasteiger partial charge is 0.366 e. The average Bonchev–Trinajstić information content (AvgIpc) is 3.50. The maximum atomic E-state index is 13.0. The highest BCUT2D eigenvalue weighted by Gasteiger charge is 2.39. The number of hydrogen-bond donors (Lipinski definition) is 0. The van der Waals surface area contributed by atoms with E-state index in [4.69, 9.17) is 4.74 Å². The van der Waals surface area contributed by atoms with Crippen molar-refractivity contribution in [2.24, 2.45) is 13.0 Å². The van der Waals surface area contributed by atoms with E-state index in [9.17, 15) is 4.79 Å². The van der Waals surface area contributed by atoms with Crippen molar-refractivity contribution < 1.29 is 9.53 Å². The van der Waals surface area contributed by atoms with Crippen molar-refractivity contribution in [3.05, 3.63) is 52.8 Å². The minimum atomic E-state index is -0.0173. The van der Waals surface area contributed by atoms with Crippen molar-refractivity contribution >= 4 is 5.91 Å². The normalized spacial score (nSPS) is 22.9. The first-order valence-electron chi connectivity index (χ1n) is 10.00. The predicted molar refractivity (Wildman–Crippen MR) is 104 cm³/mol. The third-order valence-electron chi connectivity index (χ3n) is 6.05. The van der Waals surface area contributed by atoms with E-state index in [2.05, 4.69) is 24.2 Å². The third-order valence-corrected chi connectivity index (χ3v) is 6.05. The third kappa shape index (κ3) is 3.93. The summed E-state index contributed by atoms with van der Waals surface area (Å²) in [6.07, 6.45) is 3.90. The summed E-state index contributed by atoms with van der Waals surface area (Å²) >= 11 is 0. The molecule has 5 heteroatoms. The fourth-order valence-electron chi connectivity index (χ4n) is 4.14. The molecule has 1 saturated heterocycles. The highest BCUT2D eigenvalue weighted by atomic mass is 16.5. The fraction of sp³-hybridized carbons (Fsp3) is 0.545. The quantitative estimate of drug-likeness (QED) is 0.814. The van der Waals surface area contributed by atoms with Crippen molar-refractivity contribution in [1.29, 1.82) is 0 Å². The summed E-state index contributed by atoms with van der Waals surface area (Å²) in [5.74, 6) is 0.849. The summed E-state index contributed by atoms with van der Waals surface area (Å²) in [5, 5.41) is 4.47. The molecule has 4 rings (SSSR count). The van der Waals surface area contributed by atoms with E-state index in [1.54, 1.807) is 0 Å². The molecule has 144 valence electrons. The van der Waals surface area contributed by atoms with Crippen LogP contribution >= 0.6 is 0 Å². The van der Waals surface area contributed by atoms with Gasteiger partial charge < -0.3 is 9.64 Å². The van der Waals surface area contributed by atoms with Gasteiger partial charge in [-0.2, -0.15) is 5.10 Å². The van der Waals surface area contributed by atoms with Crippen LogP contribution in [-0.4, -0.2) is 39.8 Å². The number of carbonyl (C=O) groups excluding carboxylic acids is 1. The molecule has 2 heterocycles. The SMILES string of the molecule is Cc1nn(C)c(C)c1CCC(=O)N1C[C@@H](c2ccccc2)O[C@@H](C2CC2)C1. The lowest BCUT2D eigenvalue weighted by molar-refractivity contribution is -0.148. The van der Waals surface area contributed by atoms with Gasteiger partial charge in [-0.25, -0.2) is 0 Å². The molecule has 27 heavy (non-hydrogen) atoms. The van der Waals surface area contributed by atoms with Gasteiger partial charge in [-0.3, -0.25) is 9.48 Å². The Morgan fingerprint density at radius 1 is 1.19 bits per heavy atom. The standard InChI is InChI=1S/C22H29N3O2/c1-15-19(16(2)24(3)23-15)11-12-22(26)25-13-20(17-7-5-4-6-8-17)27-21(14-25)18-9-10-18/h4-8,18,20-21H,9-14H2,1-3H3/t20-,21+/m0/s1. The molecular weight excluding hydrogens is 338 g/mol. The molecule has 0 bridgehead atoms. The van der Waals surface area contributed by atoms with E-state index in [0.717, 1.165) is 24.4 Å². The maximum Gasteiger partial charge on any atom is 0.223 e. The zero-order chi connectivity index (χ0) is 19.0. The van der Waals surface area contributed by atoms with Crippen molar-refractivity contribution in [2.45, 2.75) is 51.7 Å². The number of amides is 1. The lowest BCUT2D eigenvalue weighted by atomic mass is 10.0. The van der Waals surface area contributed by atoms with E-state index in [-0.39, 0.29) is 18.1 Å². The predicted octanol–water partition coefficient (Wildman–Crippen LogP) is 3.35. The molecule has 1 aromatic carbocycles. The second kappa shape index (κ2) is 7.47. The van der Waals surface area contributed by atoms with Gasteiger partial charge in [0.05, 0.1) is 18.3 Å². The molecule has 1 aromatic heterocycles. The Hall–Kier alpha value is -2.14. The van der Waals surface area contributed by atoms with Gasteiger partial charge in [-0.1, -0.05) is 30.3 Å². The zero-order valence-electron chi connectivity index (χ0n) is 16.5. The van der Waals surface area contributed by atoms with Gasteiger partial charge in [-0.15, -0.1) is 0 Å². The van der Waals surface area contributed by atoms with Gasteiger partial charge in [0.15, 0.2) is 0 Å². The summed E-state index contributed by atoms with van der Waals surface area (Å²) in [7, 11) is 1.96. The van der Waals surface area contributed by atoms with Crippen LogP contribution in [0.15, 0.2) is 30.3 Å². The number of carbonyl (C=O) groups is 1. The van der Waals surface area contributed by atoms with E-state index in [1.807, 2.05) is 41.8 Å². The van der Waals surface area contributed by atoms with Crippen LogP contribution in [0, 0.1) is 19.8 Å². The maximum absolute atomic E-state index is 13.0. The van der Waals surface area contributed by atoms with Gasteiger partial charge in [0.25, 0.3) is 0 Å². The number of aromatic nitrogens is 2. The molecule has 5 nitrogen and oxygen atoms in total. The molecule has 1 saturated carbocycles. The molecule has 0 N–H and O–H groups in total. The van der Waals surface area contributed by atoms with Crippen molar-refractivity contribution in [3.63, 3.8) is 0 Å². The Balaban J connectivity index is 1.45. The van der Waals surface area contributed by atoms with E-state index >= 15 is 0 Å². The van der Waals surface area contributed by atoms with E-state index in [1.165, 1.54) is 24.0 Å². The van der Waals surface area contributed by atoms with Crippen LogP contribution in [0.1, 0.15) is 47.9 Å². The first kappa shape index (κ1) is 18.2. The van der Waals surface area contributed by atoms with Crippen molar-refractivity contribution in [3.8, 4) is 0 Å². The van der Waals surface area contributed by atoms with E-state index in [0.29, 0.717) is 18.9 Å². The smallest absolute Gasteiger partial charge is 0.223 e. The average molecular weight is 367 g/mol. The number of morpholine rings is 1. The van der Waals surface area contributed by atoms with Crippen LogP contribution in [0.2, 0.25) is 0 Å². The number of benzene rings is 1. The molecule has 2 fully saturated rings. The van der Waals surface area contributed by atoms with Crippen molar-refractivity contribution in [2.75, 3.05) is 13.1 Å². The molecule has 1 aliphatic carbocycles. The minimum absolute atomic E-state index is 0.0173. The number of nitrogens with zero attached hydrogens (tertiary/aromatic N) is 3. The first-order chi connectivity index (χ1) is 13.0. The summed E-state index contributed by atoms with van der Waals surface area (Å²) < 4.78 is 8.28. The zero-order valence-corrected chi connectivity index (χ0v) is 16.5. The van der Waals surface area contributed by atoms with Crippen LogP contribution in [0.5, 0.6) is 0 Å². The van der Waals surface area contributed by atoms with Crippen LogP contribution in [0.3, 0.4) is 0 Å². The number of aryl methyl sites for hydroxylation is 2. The Morgan fingerprint density at radius 3 is 2.56 bits per heavy atom. The number of ether oxygens (including phenoxy) is 1. The Kier molecular flexibility index (Phi) is 5.04. The highest BCUT2D eigenvalue weighted by molar-refractivity contribution is 5.76. The van der Waals surface area contributed by atoms with Gasteiger partial charge >= 0.3 is 0 Å². The fourth-order valence-corrected chi connectivity index (χ4v) is 4.14. The van der Waals surface area contributed by atoms with Crippen LogP contribution in [0.25, 0.3) is 0 Å². The summed E-state index contributed by atoms with van der Waals surface area (Å²) in [6.45, 7) is 5.48. The molecule has 2 aromatic rings. The molecule has 0 spiro atoms. The molecule has 1 aliphatic heterocycles. The molecule has 1 amide bonds. The second-order valence-electron chi connectivity index (χ2n) is 7.98. The van der Waals surface area contributed by atoms with E-state index < -0.39 is 0 Å². The monoisotopic (exact) mass is 367 g/mol. The van der Waals surface area contributed by atoms with Crippen molar-refractivity contribution in [1.82, 2.24) is 14.7 Å². The van der Waals surface area contributed by atoms with Crippen LogP contribution < -0.4 is 0 Å². The first-order valence-corrected chi connectivity index (χ1v) is 10.00. The van der Waals surface area contributed by atoms with Crippen LogP contribution in [-0.2, 0) is 23.0 Å². The van der Waals surface area contributed by atoms with Gasteiger partial charge in [-0.05, 0) is 50.2 Å². The molecule has 0 radical (unpaired) electrons.